The van der Waals surface area contributed by atoms with Gasteiger partial charge in [0, 0.05) is 44.1 Å². The molecule has 6 nitrogen and oxygen atoms in total. The fourth-order valence-corrected chi connectivity index (χ4v) is 3.22. The molecule has 1 saturated heterocycles. The van der Waals surface area contributed by atoms with Crippen molar-refractivity contribution in [1.82, 2.24) is 10.2 Å². The SMILES string of the molecule is CN1CCN(c2ccc(CCCNC(=O)C(=O)Nc3ccccc3)cc2)CC1. The second-order valence-electron chi connectivity index (χ2n) is 7.14. The van der Waals surface area contributed by atoms with Crippen molar-refractivity contribution in [3.63, 3.8) is 0 Å². The molecule has 6 heteroatoms. The van der Waals surface area contributed by atoms with Crippen molar-refractivity contribution in [2.45, 2.75) is 12.8 Å². The van der Waals surface area contributed by atoms with Crippen LogP contribution < -0.4 is 15.5 Å². The number of hydrogen-bond donors (Lipinski definition) is 2. The van der Waals surface area contributed by atoms with E-state index in [2.05, 4.69) is 51.7 Å². The van der Waals surface area contributed by atoms with Crippen molar-refractivity contribution in [3.05, 3.63) is 60.2 Å². The first-order valence-corrected chi connectivity index (χ1v) is 9.78. The van der Waals surface area contributed by atoms with Gasteiger partial charge in [-0.25, -0.2) is 0 Å². The minimum Gasteiger partial charge on any atom is -0.369 e. The van der Waals surface area contributed by atoms with Gasteiger partial charge in [-0.15, -0.1) is 0 Å². The maximum absolute atomic E-state index is 11.9. The van der Waals surface area contributed by atoms with Crippen molar-refractivity contribution in [2.75, 3.05) is 50.0 Å². The number of nitrogens with one attached hydrogen (secondary N) is 2. The van der Waals surface area contributed by atoms with Crippen LogP contribution in [-0.4, -0.2) is 56.5 Å². The van der Waals surface area contributed by atoms with Crippen molar-refractivity contribution in [3.8, 4) is 0 Å². The first-order chi connectivity index (χ1) is 13.6. The number of carbonyl (C=O) groups is 2. The molecule has 2 N–H and O–H groups in total. The Morgan fingerprint density at radius 1 is 0.893 bits per heavy atom. The number of anilines is 2. The molecule has 0 atom stereocenters. The largest absolute Gasteiger partial charge is 0.369 e. The fraction of sp³-hybridized carbons (Fsp3) is 0.364. The van der Waals surface area contributed by atoms with E-state index in [1.54, 1.807) is 12.1 Å². The quantitative estimate of drug-likeness (QED) is 0.595. The molecule has 1 aliphatic heterocycles. The molecule has 2 aromatic carbocycles. The van der Waals surface area contributed by atoms with Crippen LogP contribution >= 0.6 is 0 Å². The first-order valence-electron chi connectivity index (χ1n) is 9.78. The monoisotopic (exact) mass is 380 g/mol. The van der Waals surface area contributed by atoms with Gasteiger partial charge in [0.2, 0.25) is 0 Å². The van der Waals surface area contributed by atoms with Gasteiger partial charge in [-0.1, -0.05) is 30.3 Å². The number of carbonyl (C=O) groups excluding carboxylic acids is 2. The fourth-order valence-electron chi connectivity index (χ4n) is 3.22. The number of aryl methyl sites for hydroxylation is 1. The van der Waals surface area contributed by atoms with Crippen molar-refractivity contribution in [1.29, 1.82) is 0 Å². The lowest BCUT2D eigenvalue weighted by atomic mass is 10.1. The smallest absolute Gasteiger partial charge is 0.313 e. The molecular formula is C22H28N4O2. The van der Waals surface area contributed by atoms with Crippen LogP contribution in [-0.2, 0) is 16.0 Å². The molecule has 0 saturated carbocycles. The summed E-state index contributed by atoms with van der Waals surface area (Å²) in [5, 5.41) is 5.26. The van der Waals surface area contributed by atoms with Crippen LogP contribution in [0.2, 0.25) is 0 Å². The normalized spacial score (nSPS) is 14.5. The van der Waals surface area contributed by atoms with Crippen molar-refractivity contribution >= 4 is 23.2 Å². The molecule has 0 spiro atoms. The van der Waals surface area contributed by atoms with Gasteiger partial charge in [0.15, 0.2) is 0 Å². The highest BCUT2D eigenvalue weighted by Crippen LogP contribution is 2.17. The zero-order valence-corrected chi connectivity index (χ0v) is 16.4. The van der Waals surface area contributed by atoms with Gasteiger partial charge >= 0.3 is 11.8 Å². The second-order valence-corrected chi connectivity index (χ2v) is 7.14. The summed E-state index contributed by atoms with van der Waals surface area (Å²) in [6.45, 7) is 4.79. The standard InChI is InChI=1S/C22H28N4O2/c1-25-14-16-26(17-15-25)20-11-9-18(10-12-20)6-5-13-23-21(27)22(28)24-19-7-3-2-4-8-19/h2-4,7-12H,5-6,13-17H2,1H3,(H,23,27)(H,24,28). The van der Waals surface area contributed by atoms with Gasteiger partial charge in [0.1, 0.15) is 0 Å². The molecule has 0 unspecified atom stereocenters. The molecule has 3 rings (SSSR count). The predicted octanol–water partition coefficient (Wildman–Crippen LogP) is 2.13. The number of rotatable bonds is 6. The molecule has 2 amide bonds. The topological polar surface area (TPSA) is 64.7 Å². The third-order valence-corrected chi connectivity index (χ3v) is 4.97. The highest BCUT2D eigenvalue weighted by molar-refractivity contribution is 6.39. The number of amides is 2. The van der Waals surface area contributed by atoms with E-state index in [1.165, 1.54) is 11.3 Å². The molecule has 1 heterocycles. The van der Waals surface area contributed by atoms with Crippen LogP contribution in [0.3, 0.4) is 0 Å². The maximum Gasteiger partial charge on any atom is 0.313 e. The zero-order valence-electron chi connectivity index (χ0n) is 16.4. The van der Waals surface area contributed by atoms with Gasteiger partial charge < -0.3 is 20.4 Å². The van der Waals surface area contributed by atoms with Crippen LogP contribution in [0.15, 0.2) is 54.6 Å². The van der Waals surface area contributed by atoms with Gasteiger partial charge in [-0.2, -0.15) is 0 Å². The average Bonchev–Trinajstić information content (AvgIpc) is 2.73. The Kier molecular flexibility index (Phi) is 7.03. The number of benzene rings is 2. The highest BCUT2D eigenvalue weighted by atomic mass is 16.2. The molecule has 0 aliphatic carbocycles. The predicted molar refractivity (Wildman–Crippen MR) is 113 cm³/mol. The van der Waals surface area contributed by atoms with Crippen LogP contribution in [0.5, 0.6) is 0 Å². The Hall–Kier alpha value is -2.86. The Labute approximate surface area is 166 Å². The van der Waals surface area contributed by atoms with E-state index < -0.39 is 11.8 Å². The Bertz CT molecular complexity index is 769. The summed E-state index contributed by atoms with van der Waals surface area (Å²) in [4.78, 5) is 28.5. The Morgan fingerprint density at radius 3 is 2.25 bits per heavy atom. The summed E-state index contributed by atoms with van der Waals surface area (Å²) in [7, 11) is 2.16. The molecule has 2 aromatic rings. The van der Waals surface area contributed by atoms with Gasteiger partial charge in [0.25, 0.3) is 0 Å². The van der Waals surface area contributed by atoms with Crippen LogP contribution in [0.25, 0.3) is 0 Å². The molecule has 0 bridgehead atoms. The van der Waals surface area contributed by atoms with Crippen LogP contribution in [0.4, 0.5) is 11.4 Å². The van der Waals surface area contributed by atoms with E-state index in [4.69, 9.17) is 0 Å². The first kappa shape index (κ1) is 19.9. The van der Waals surface area contributed by atoms with Gasteiger partial charge in [0.05, 0.1) is 0 Å². The lowest BCUT2D eigenvalue weighted by Crippen LogP contribution is -2.44. The summed E-state index contributed by atoms with van der Waals surface area (Å²) < 4.78 is 0. The second kappa shape index (κ2) is 9.90. The lowest BCUT2D eigenvalue weighted by molar-refractivity contribution is -0.136. The minimum atomic E-state index is -0.636. The number of nitrogens with zero attached hydrogens (tertiary/aromatic N) is 2. The lowest BCUT2D eigenvalue weighted by Gasteiger charge is -2.34. The number of para-hydroxylation sites is 1. The van der Waals surface area contributed by atoms with Crippen LogP contribution in [0.1, 0.15) is 12.0 Å². The number of likely N-dealkylation sites (N-methyl/N-ethyl adjacent to an activating group) is 1. The average molecular weight is 380 g/mol. The molecule has 28 heavy (non-hydrogen) atoms. The molecule has 148 valence electrons. The summed E-state index contributed by atoms with van der Waals surface area (Å²) in [6, 6.07) is 17.6. The number of piperazine rings is 1. The minimum absolute atomic E-state index is 0.473. The van der Waals surface area contributed by atoms with E-state index in [-0.39, 0.29) is 0 Å². The molecule has 1 fully saturated rings. The molecule has 0 radical (unpaired) electrons. The molecular weight excluding hydrogens is 352 g/mol. The van der Waals surface area contributed by atoms with E-state index in [1.807, 2.05) is 18.2 Å². The third kappa shape index (κ3) is 5.82. The van der Waals surface area contributed by atoms with E-state index in [0.29, 0.717) is 12.2 Å². The van der Waals surface area contributed by atoms with Gasteiger partial charge in [-0.05, 0) is 49.7 Å². The zero-order chi connectivity index (χ0) is 19.8. The van der Waals surface area contributed by atoms with Crippen molar-refractivity contribution < 1.29 is 9.59 Å². The molecule has 0 aromatic heterocycles. The van der Waals surface area contributed by atoms with E-state index in [9.17, 15) is 9.59 Å². The Morgan fingerprint density at radius 2 is 1.57 bits per heavy atom. The maximum atomic E-state index is 11.9. The van der Waals surface area contributed by atoms with E-state index >= 15 is 0 Å². The summed E-state index contributed by atoms with van der Waals surface area (Å²) in [5.41, 5.74) is 3.12. The highest BCUT2D eigenvalue weighted by Gasteiger charge is 2.14. The molecule has 1 aliphatic rings. The van der Waals surface area contributed by atoms with Crippen molar-refractivity contribution in [2.24, 2.45) is 0 Å². The van der Waals surface area contributed by atoms with E-state index in [0.717, 1.165) is 39.0 Å². The Balaban J connectivity index is 1.36. The summed E-state index contributed by atoms with van der Waals surface area (Å²) in [6.07, 6.45) is 1.65. The van der Waals surface area contributed by atoms with Crippen LogP contribution in [0, 0.1) is 0 Å². The summed E-state index contributed by atoms with van der Waals surface area (Å²) in [5.74, 6) is -1.24. The summed E-state index contributed by atoms with van der Waals surface area (Å²) >= 11 is 0. The third-order valence-electron chi connectivity index (χ3n) is 4.97. The van der Waals surface area contributed by atoms with Gasteiger partial charge in [-0.3, -0.25) is 9.59 Å². The number of hydrogen-bond acceptors (Lipinski definition) is 4.